The van der Waals surface area contributed by atoms with Crippen LogP contribution in [0.1, 0.15) is 0 Å². The first-order chi connectivity index (χ1) is 6.80. The first-order valence-electron chi connectivity index (χ1n) is 3.68. The third kappa shape index (κ3) is 3.18. The summed E-state index contributed by atoms with van der Waals surface area (Å²) in [5.74, 6) is 0. The fourth-order valence-electron chi connectivity index (χ4n) is 0.815. The Bertz CT molecular complexity index is 365. The van der Waals surface area contributed by atoms with Gasteiger partial charge in [-0.1, -0.05) is 15.9 Å². The van der Waals surface area contributed by atoms with Gasteiger partial charge in [-0.25, -0.2) is 0 Å². The molecule has 0 N–H and O–H groups in total. The van der Waals surface area contributed by atoms with Crippen molar-refractivity contribution in [3.8, 4) is 0 Å². The van der Waals surface area contributed by atoms with Crippen molar-refractivity contribution >= 4 is 21.6 Å². The SMILES string of the molecule is O=[N+]([O-])c1cnn(CC(Br)C(F)(F)F)c1. The van der Waals surface area contributed by atoms with Crippen molar-refractivity contribution in [1.29, 1.82) is 0 Å². The number of aromatic nitrogens is 2. The normalized spacial score (nSPS) is 13.9. The van der Waals surface area contributed by atoms with Crippen LogP contribution < -0.4 is 0 Å². The van der Waals surface area contributed by atoms with Gasteiger partial charge in [0.05, 0.1) is 11.5 Å². The summed E-state index contributed by atoms with van der Waals surface area (Å²) in [5, 5.41) is 13.7. The number of nitro groups is 1. The van der Waals surface area contributed by atoms with Gasteiger partial charge in [0.1, 0.15) is 17.2 Å². The molecular formula is C6H5BrF3N3O2. The lowest BCUT2D eigenvalue weighted by atomic mass is 10.4. The number of hydrogen-bond donors (Lipinski definition) is 0. The van der Waals surface area contributed by atoms with E-state index >= 15 is 0 Å². The Morgan fingerprint density at radius 3 is 2.67 bits per heavy atom. The van der Waals surface area contributed by atoms with E-state index in [4.69, 9.17) is 0 Å². The van der Waals surface area contributed by atoms with Gasteiger partial charge in [-0.3, -0.25) is 14.8 Å². The van der Waals surface area contributed by atoms with Crippen LogP contribution in [0.15, 0.2) is 12.4 Å². The molecule has 0 aromatic carbocycles. The molecule has 1 aromatic heterocycles. The molecule has 1 atom stereocenters. The fraction of sp³-hybridized carbons (Fsp3) is 0.500. The number of alkyl halides is 4. The average molecular weight is 288 g/mol. The summed E-state index contributed by atoms with van der Waals surface area (Å²) in [6.45, 7) is -0.503. The van der Waals surface area contributed by atoms with E-state index < -0.39 is 22.5 Å². The van der Waals surface area contributed by atoms with Gasteiger partial charge in [0.15, 0.2) is 0 Å². The first kappa shape index (κ1) is 12.0. The second-order valence-corrected chi connectivity index (χ2v) is 3.79. The van der Waals surface area contributed by atoms with Crippen molar-refractivity contribution in [2.75, 3.05) is 0 Å². The highest BCUT2D eigenvalue weighted by atomic mass is 79.9. The largest absolute Gasteiger partial charge is 0.403 e. The molecule has 0 spiro atoms. The molecule has 0 fully saturated rings. The molecule has 1 unspecified atom stereocenters. The Hall–Kier alpha value is -1.12. The Balaban J connectivity index is 2.69. The second kappa shape index (κ2) is 4.17. The van der Waals surface area contributed by atoms with Gasteiger partial charge in [-0.05, 0) is 0 Å². The van der Waals surface area contributed by atoms with E-state index in [2.05, 4.69) is 21.0 Å². The third-order valence-electron chi connectivity index (χ3n) is 1.53. The van der Waals surface area contributed by atoms with Gasteiger partial charge >= 0.3 is 11.9 Å². The number of nitrogens with zero attached hydrogens (tertiary/aromatic N) is 3. The van der Waals surface area contributed by atoms with Crippen molar-refractivity contribution in [3.63, 3.8) is 0 Å². The van der Waals surface area contributed by atoms with E-state index in [1.807, 2.05) is 0 Å². The maximum absolute atomic E-state index is 12.1. The quantitative estimate of drug-likeness (QED) is 0.486. The molecular weight excluding hydrogens is 283 g/mol. The Kier molecular flexibility index (Phi) is 3.32. The van der Waals surface area contributed by atoms with Crippen molar-refractivity contribution in [2.24, 2.45) is 0 Å². The molecule has 0 radical (unpaired) electrons. The number of hydrogen-bond acceptors (Lipinski definition) is 3. The Morgan fingerprint density at radius 1 is 1.67 bits per heavy atom. The standard InChI is InChI=1S/C6H5BrF3N3O2/c7-5(6(8,9)10)3-12-2-4(1-11-12)13(14)15/h1-2,5H,3H2. The molecule has 1 aromatic rings. The highest BCUT2D eigenvalue weighted by molar-refractivity contribution is 9.09. The van der Waals surface area contributed by atoms with E-state index in [1.165, 1.54) is 0 Å². The lowest BCUT2D eigenvalue weighted by Gasteiger charge is -2.12. The van der Waals surface area contributed by atoms with Gasteiger partial charge in [0.2, 0.25) is 0 Å². The van der Waals surface area contributed by atoms with Gasteiger partial charge < -0.3 is 0 Å². The van der Waals surface area contributed by atoms with Gasteiger partial charge in [0, 0.05) is 0 Å². The minimum atomic E-state index is -4.40. The molecule has 0 aliphatic heterocycles. The summed E-state index contributed by atoms with van der Waals surface area (Å²) in [6.07, 6.45) is -2.56. The molecule has 0 aliphatic rings. The van der Waals surface area contributed by atoms with E-state index in [0.29, 0.717) is 0 Å². The summed E-state index contributed by atoms with van der Waals surface area (Å²) < 4.78 is 37.1. The average Bonchev–Trinajstić information content (AvgIpc) is 2.50. The summed E-state index contributed by atoms with van der Waals surface area (Å²) in [4.78, 5) is 7.72. The third-order valence-corrected chi connectivity index (χ3v) is 2.34. The molecule has 0 amide bonds. The fourth-order valence-corrected chi connectivity index (χ4v) is 1.11. The van der Waals surface area contributed by atoms with Crippen LogP contribution in [-0.4, -0.2) is 25.7 Å². The minimum absolute atomic E-state index is 0.336. The smallest absolute Gasteiger partial charge is 0.264 e. The van der Waals surface area contributed by atoms with E-state index in [1.54, 1.807) is 0 Å². The van der Waals surface area contributed by atoms with Crippen LogP contribution in [0, 0.1) is 10.1 Å². The van der Waals surface area contributed by atoms with Gasteiger partial charge in [-0.2, -0.15) is 18.3 Å². The van der Waals surface area contributed by atoms with Crippen molar-refractivity contribution < 1.29 is 18.1 Å². The predicted molar refractivity (Wildman–Crippen MR) is 47.7 cm³/mol. The van der Waals surface area contributed by atoms with Crippen LogP contribution in [-0.2, 0) is 6.54 Å². The van der Waals surface area contributed by atoms with Crippen LogP contribution in [0.2, 0.25) is 0 Å². The Labute approximate surface area is 90.2 Å². The zero-order chi connectivity index (χ0) is 11.6. The lowest BCUT2D eigenvalue weighted by molar-refractivity contribution is -0.385. The van der Waals surface area contributed by atoms with Crippen LogP contribution in [0.5, 0.6) is 0 Å². The van der Waals surface area contributed by atoms with Crippen LogP contribution in [0.25, 0.3) is 0 Å². The number of halogens is 4. The second-order valence-electron chi connectivity index (χ2n) is 2.69. The molecule has 0 saturated heterocycles. The highest BCUT2D eigenvalue weighted by Crippen LogP contribution is 2.27. The highest BCUT2D eigenvalue weighted by Gasteiger charge is 2.38. The van der Waals surface area contributed by atoms with E-state index in [-0.39, 0.29) is 5.69 Å². The molecule has 0 bridgehead atoms. The molecule has 9 heteroatoms. The topological polar surface area (TPSA) is 61.0 Å². The van der Waals surface area contributed by atoms with Gasteiger partial charge in [0.25, 0.3) is 0 Å². The summed E-state index contributed by atoms with van der Waals surface area (Å²) >= 11 is 2.43. The summed E-state index contributed by atoms with van der Waals surface area (Å²) in [7, 11) is 0. The molecule has 84 valence electrons. The number of rotatable bonds is 3. The molecule has 5 nitrogen and oxygen atoms in total. The monoisotopic (exact) mass is 287 g/mol. The maximum Gasteiger partial charge on any atom is 0.403 e. The van der Waals surface area contributed by atoms with E-state index in [0.717, 1.165) is 17.1 Å². The van der Waals surface area contributed by atoms with Crippen molar-refractivity contribution in [2.45, 2.75) is 17.5 Å². The Morgan fingerprint density at radius 2 is 2.27 bits per heavy atom. The van der Waals surface area contributed by atoms with Crippen molar-refractivity contribution in [3.05, 3.63) is 22.5 Å². The summed E-state index contributed by atoms with van der Waals surface area (Å²) in [5.41, 5.74) is -0.336. The van der Waals surface area contributed by atoms with Crippen LogP contribution in [0.4, 0.5) is 18.9 Å². The zero-order valence-corrected chi connectivity index (χ0v) is 8.70. The minimum Gasteiger partial charge on any atom is -0.264 e. The maximum atomic E-state index is 12.1. The zero-order valence-electron chi connectivity index (χ0n) is 7.11. The molecule has 0 saturated carbocycles. The first-order valence-corrected chi connectivity index (χ1v) is 4.60. The van der Waals surface area contributed by atoms with Crippen LogP contribution in [0.3, 0.4) is 0 Å². The molecule has 1 rings (SSSR count). The van der Waals surface area contributed by atoms with Crippen molar-refractivity contribution in [1.82, 2.24) is 9.78 Å². The van der Waals surface area contributed by atoms with Crippen LogP contribution >= 0.6 is 15.9 Å². The molecule has 0 aliphatic carbocycles. The molecule has 1 heterocycles. The predicted octanol–water partition coefficient (Wildman–Crippen LogP) is 2.12. The molecule has 15 heavy (non-hydrogen) atoms. The lowest BCUT2D eigenvalue weighted by Crippen LogP contribution is -2.27. The van der Waals surface area contributed by atoms with Gasteiger partial charge in [-0.15, -0.1) is 0 Å². The summed E-state index contributed by atoms with van der Waals surface area (Å²) in [6, 6.07) is 0. The van der Waals surface area contributed by atoms with E-state index in [9.17, 15) is 23.3 Å².